The van der Waals surface area contributed by atoms with E-state index in [4.69, 9.17) is 11.6 Å². The number of pyridine rings is 1. The van der Waals surface area contributed by atoms with Gasteiger partial charge in [0.1, 0.15) is 5.82 Å². The molecular weight excluding hydrogens is 350 g/mol. The molecule has 2 N–H and O–H groups in total. The van der Waals surface area contributed by atoms with E-state index in [-0.39, 0.29) is 4.90 Å². The molecule has 1 heterocycles. The number of nitrogens with one attached hydrogen (secondary N) is 2. The van der Waals surface area contributed by atoms with Crippen LogP contribution in [0.5, 0.6) is 0 Å². The van der Waals surface area contributed by atoms with E-state index in [0.717, 1.165) is 12.7 Å². The Hall–Kier alpha value is -2.12. The molecule has 0 radical (unpaired) electrons. The summed E-state index contributed by atoms with van der Waals surface area (Å²) in [5.41, 5.74) is 0.671. The molecule has 6 nitrogen and oxygen atoms in total. The van der Waals surface area contributed by atoms with Crippen LogP contribution in [-0.2, 0) is 9.84 Å². The number of anilines is 2. The maximum Gasteiger partial charge on any atom is 0.255 e. The summed E-state index contributed by atoms with van der Waals surface area (Å²) in [6.45, 7) is 2.63. The predicted octanol–water partition coefficient (Wildman–Crippen LogP) is 3.21. The third kappa shape index (κ3) is 4.69. The fourth-order valence-corrected chi connectivity index (χ4v) is 2.72. The van der Waals surface area contributed by atoms with Crippen molar-refractivity contribution in [3.63, 3.8) is 0 Å². The summed E-state index contributed by atoms with van der Waals surface area (Å²) >= 11 is 5.89. The van der Waals surface area contributed by atoms with Crippen molar-refractivity contribution in [1.82, 2.24) is 4.98 Å². The maximum absolute atomic E-state index is 12.4. The van der Waals surface area contributed by atoms with Gasteiger partial charge in [-0.25, -0.2) is 13.4 Å². The molecule has 0 saturated carbocycles. The van der Waals surface area contributed by atoms with E-state index in [1.165, 1.54) is 18.3 Å². The molecule has 0 bridgehead atoms. The van der Waals surface area contributed by atoms with E-state index >= 15 is 0 Å². The molecule has 0 saturated heterocycles. The van der Waals surface area contributed by atoms with Gasteiger partial charge in [-0.15, -0.1) is 0 Å². The number of rotatable bonds is 6. The van der Waals surface area contributed by atoms with E-state index in [1.54, 1.807) is 18.2 Å². The molecule has 0 aliphatic rings. The van der Waals surface area contributed by atoms with Crippen LogP contribution in [0.1, 0.15) is 23.7 Å². The van der Waals surface area contributed by atoms with Crippen LogP contribution in [0.4, 0.5) is 11.5 Å². The van der Waals surface area contributed by atoms with Gasteiger partial charge in [0.2, 0.25) is 0 Å². The Labute approximate surface area is 146 Å². The third-order valence-electron chi connectivity index (χ3n) is 3.17. The molecule has 1 amide bonds. The highest BCUT2D eigenvalue weighted by atomic mass is 35.5. The Kier molecular flexibility index (Phi) is 5.80. The van der Waals surface area contributed by atoms with E-state index < -0.39 is 15.7 Å². The van der Waals surface area contributed by atoms with E-state index in [9.17, 15) is 13.2 Å². The zero-order valence-corrected chi connectivity index (χ0v) is 14.9. The zero-order chi connectivity index (χ0) is 17.7. The number of benzene rings is 1. The summed E-state index contributed by atoms with van der Waals surface area (Å²) in [5, 5.41) is 6.19. The van der Waals surface area contributed by atoms with Crippen LogP contribution in [0, 0.1) is 0 Å². The number of nitrogens with zero attached hydrogens (tertiary/aromatic N) is 1. The van der Waals surface area contributed by atoms with E-state index in [0.29, 0.717) is 28.6 Å². The molecule has 0 aliphatic carbocycles. The number of sulfone groups is 1. The first kappa shape index (κ1) is 18.2. The fraction of sp³-hybridized carbons (Fsp3) is 0.250. The Morgan fingerprint density at radius 2 is 2.04 bits per heavy atom. The van der Waals surface area contributed by atoms with Crippen LogP contribution in [-0.4, -0.2) is 32.1 Å². The van der Waals surface area contributed by atoms with Crippen molar-refractivity contribution in [1.29, 1.82) is 0 Å². The lowest BCUT2D eigenvalue weighted by molar-refractivity contribution is 0.102. The van der Waals surface area contributed by atoms with Crippen molar-refractivity contribution in [2.75, 3.05) is 23.4 Å². The first-order chi connectivity index (χ1) is 11.3. The van der Waals surface area contributed by atoms with Crippen molar-refractivity contribution in [2.24, 2.45) is 0 Å². The number of amides is 1. The maximum atomic E-state index is 12.4. The second-order valence-corrected chi connectivity index (χ2v) is 7.68. The quantitative estimate of drug-likeness (QED) is 0.818. The lowest BCUT2D eigenvalue weighted by atomic mass is 10.2. The second-order valence-electron chi connectivity index (χ2n) is 5.23. The summed E-state index contributed by atoms with van der Waals surface area (Å²) < 4.78 is 23.4. The van der Waals surface area contributed by atoms with Gasteiger partial charge in [-0.05, 0) is 30.7 Å². The summed E-state index contributed by atoms with van der Waals surface area (Å²) in [6, 6.07) is 7.87. The van der Waals surface area contributed by atoms with Crippen LogP contribution in [0.2, 0.25) is 5.02 Å². The SMILES string of the molecule is CCCNc1ncc(S(C)(=O)=O)cc1NC(=O)c1cccc(Cl)c1. The number of carbonyl (C=O) groups excluding carboxylic acids is 1. The van der Waals surface area contributed by atoms with Crippen molar-refractivity contribution in [2.45, 2.75) is 18.2 Å². The van der Waals surface area contributed by atoms with Crippen LogP contribution in [0.3, 0.4) is 0 Å². The molecule has 0 atom stereocenters. The van der Waals surface area contributed by atoms with Gasteiger partial charge < -0.3 is 10.6 Å². The van der Waals surface area contributed by atoms with E-state index in [2.05, 4.69) is 15.6 Å². The van der Waals surface area contributed by atoms with Crippen molar-refractivity contribution in [3.05, 3.63) is 47.1 Å². The summed E-state index contributed by atoms with van der Waals surface area (Å²) in [4.78, 5) is 16.5. The molecule has 1 aromatic carbocycles. The highest BCUT2D eigenvalue weighted by Gasteiger charge is 2.15. The van der Waals surface area contributed by atoms with Crippen LogP contribution in [0.25, 0.3) is 0 Å². The van der Waals surface area contributed by atoms with Gasteiger partial charge in [0.25, 0.3) is 5.91 Å². The Balaban J connectivity index is 2.36. The lowest BCUT2D eigenvalue weighted by Gasteiger charge is -2.13. The average Bonchev–Trinajstić information content (AvgIpc) is 2.52. The Morgan fingerprint density at radius 3 is 2.67 bits per heavy atom. The Bertz CT molecular complexity index is 853. The van der Waals surface area contributed by atoms with Crippen LogP contribution in [0.15, 0.2) is 41.4 Å². The second kappa shape index (κ2) is 7.63. The lowest BCUT2D eigenvalue weighted by Crippen LogP contribution is -2.15. The van der Waals surface area contributed by atoms with Gasteiger partial charge in [-0.3, -0.25) is 4.79 Å². The molecule has 2 rings (SSSR count). The smallest absolute Gasteiger partial charge is 0.255 e. The summed E-state index contributed by atoms with van der Waals surface area (Å²) in [5.74, 6) is 0.0177. The van der Waals surface area contributed by atoms with Crippen LogP contribution >= 0.6 is 11.6 Å². The predicted molar refractivity (Wildman–Crippen MR) is 95.5 cm³/mol. The van der Waals surface area contributed by atoms with Gasteiger partial charge >= 0.3 is 0 Å². The van der Waals surface area contributed by atoms with Gasteiger partial charge in [0.05, 0.1) is 10.6 Å². The number of hydrogen-bond acceptors (Lipinski definition) is 5. The Morgan fingerprint density at radius 1 is 1.29 bits per heavy atom. The third-order valence-corrected chi connectivity index (χ3v) is 4.48. The largest absolute Gasteiger partial charge is 0.368 e. The number of carbonyl (C=O) groups is 1. The van der Waals surface area contributed by atoms with Crippen molar-refractivity contribution >= 4 is 38.9 Å². The van der Waals surface area contributed by atoms with Crippen molar-refractivity contribution < 1.29 is 13.2 Å². The molecule has 0 fully saturated rings. The highest BCUT2D eigenvalue weighted by Crippen LogP contribution is 2.24. The molecule has 2 aromatic rings. The molecule has 0 spiro atoms. The molecule has 128 valence electrons. The number of hydrogen-bond donors (Lipinski definition) is 2. The molecule has 1 aromatic heterocycles. The van der Waals surface area contributed by atoms with Crippen molar-refractivity contribution in [3.8, 4) is 0 Å². The average molecular weight is 368 g/mol. The molecule has 0 aliphatic heterocycles. The topological polar surface area (TPSA) is 88.2 Å². The van der Waals surface area contributed by atoms with Gasteiger partial charge in [0.15, 0.2) is 9.84 Å². The summed E-state index contributed by atoms with van der Waals surface area (Å²) in [6.07, 6.45) is 3.21. The molecular formula is C16H18ClN3O3S. The minimum Gasteiger partial charge on any atom is -0.368 e. The molecule has 8 heteroatoms. The van der Waals surface area contributed by atoms with Gasteiger partial charge in [-0.2, -0.15) is 0 Å². The zero-order valence-electron chi connectivity index (χ0n) is 13.3. The van der Waals surface area contributed by atoms with Gasteiger partial charge in [0, 0.05) is 29.6 Å². The highest BCUT2D eigenvalue weighted by molar-refractivity contribution is 7.90. The molecule has 24 heavy (non-hydrogen) atoms. The van der Waals surface area contributed by atoms with Crippen LogP contribution < -0.4 is 10.6 Å². The minimum atomic E-state index is -3.43. The fourth-order valence-electron chi connectivity index (χ4n) is 1.95. The van der Waals surface area contributed by atoms with Gasteiger partial charge in [-0.1, -0.05) is 24.6 Å². The monoisotopic (exact) mass is 367 g/mol. The minimum absolute atomic E-state index is 0.0333. The molecule has 0 unspecified atom stereocenters. The standard InChI is InChI=1S/C16H18ClN3O3S/c1-3-7-18-15-14(9-13(10-19-15)24(2,22)23)20-16(21)11-5-4-6-12(17)8-11/h4-6,8-10H,3,7H2,1-2H3,(H,18,19)(H,20,21). The summed E-state index contributed by atoms with van der Waals surface area (Å²) in [7, 11) is -3.43. The number of aromatic nitrogens is 1. The number of halogens is 1. The first-order valence-corrected chi connectivity index (χ1v) is 9.59. The van der Waals surface area contributed by atoms with E-state index in [1.807, 2.05) is 6.92 Å². The first-order valence-electron chi connectivity index (χ1n) is 7.32. The normalized spacial score (nSPS) is 11.1.